The Kier molecular flexibility index (Phi) is 8.88. The number of nitriles is 2. The molecule has 5 nitrogen and oxygen atoms in total. The van der Waals surface area contributed by atoms with Gasteiger partial charge in [-0.25, -0.2) is 9.97 Å². The molecule has 0 N–H and O–H groups in total. The summed E-state index contributed by atoms with van der Waals surface area (Å²) in [4.78, 5) is 10.5. The number of hydrogen-bond acceptors (Lipinski definition) is 4. The van der Waals surface area contributed by atoms with E-state index in [0.29, 0.717) is 17.0 Å². The highest BCUT2D eigenvalue weighted by molar-refractivity contribution is 6.12. The molecular formula is C54H33N5. The minimum atomic E-state index is 0.579. The van der Waals surface area contributed by atoms with Crippen LogP contribution in [-0.4, -0.2) is 14.5 Å². The van der Waals surface area contributed by atoms with E-state index in [1.54, 1.807) is 0 Å². The minimum Gasteiger partial charge on any atom is -0.308 e. The Balaban J connectivity index is 1.32. The van der Waals surface area contributed by atoms with Crippen LogP contribution in [0.1, 0.15) is 11.1 Å². The number of hydrogen-bond donors (Lipinski definition) is 0. The quantitative estimate of drug-likeness (QED) is 0.162. The van der Waals surface area contributed by atoms with Gasteiger partial charge < -0.3 is 4.57 Å². The summed E-state index contributed by atoms with van der Waals surface area (Å²) in [5.41, 5.74) is 14.7. The lowest BCUT2D eigenvalue weighted by Gasteiger charge is -2.21. The highest BCUT2D eigenvalue weighted by Crippen LogP contribution is 2.44. The topological polar surface area (TPSA) is 78.3 Å². The van der Waals surface area contributed by atoms with Crippen molar-refractivity contribution in [3.8, 4) is 85.1 Å². The van der Waals surface area contributed by atoms with E-state index in [2.05, 4.69) is 120 Å². The summed E-state index contributed by atoms with van der Waals surface area (Å²) in [5.74, 6) is 0.580. The van der Waals surface area contributed by atoms with Crippen molar-refractivity contribution >= 4 is 21.8 Å². The molecule has 0 aliphatic rings. The molecule has 2 heterocycles. The first kappa shape index (κ1) is 35.1. The van der Waals surface area contributed by atoms with Gasteiger partial charge in [0.25, 0.3) is 0 Å². The molecule has 0 aliphatic heterocycles. The van der Waals surface area contributed by atoms with Gasteiger partial charge in [-0.05, 0) is 82.9 Å². The third-order valence-corrected chi connectivity index (χ3v) is 10.9. The van der Waals surface area contributed by atoms with Crippen LogP contribution in [0.4, 0.5) is 0 Å². The lowest BCUT2D eigenvalue weighted by molar-refractivity contribution is 1.17. The second kappa shape index (κ2) is 14.9. The molecule has 0 unspecified atom stereocenters. The fourth-order valence-corrected chi connectivity index (χ4v) is 8.01. The van der Waals surface area contributed by atoms with Gasteiger partial charge in [0.1, 0.15) is 0 Å². The maximum Gasteiger partial charge on any atom is 0.160 e. The molecule has 0 bridgehead atoms. The molecule has 0 amide bonds. The van der Waals surface area contributed by atoms with Crippen LogP contribution in [0, 0.1) is 22.7 Å². The Labute approximate surface area is 342 Å². The number of aromatic nitrogens is 3. The largest absolute Gasteiger partial charge is 0.308 e. The van der Waals surface area contributed by atoms with E-state index < -0.39 is 0 Å². The standard InChI is InChI=1S/C54H33N5/c55-34-36-20-24-39(25-21-36)46-31-44(54-57-49(41-14-6-2-7-15-41)33-50(58-54)42-16-8-3-9-17-42)32-47(40-26-22-37(35-56)23-27-40)53(46)59-51-19-11-10-18-45(51)48-30-43(28-29-52(48)59)38-12-4-1-5-13-38/h1-33H. The number of nitrogens with zero attached hydrogens (tertiary/aromatic N) is 5. The Hall–Kier alpha value is -8.38. The summed E-state index contributed by atoms with van der Waals surface area (Å²) in [6.45, 7) is 0. The molecule has 0 saturated carbocycles. The lowest BCUT2D eigenvalue weighted by Crippen LogP contribution is -2.03. The van der Waals surface area contributed by atoms with Gasteiger partial charge >= 0.3 is 0 Å². The lowest BCUT2D eigenvalue weighted by atomic mass is 9.91. The van der Waals surface area contributed by atoms with Gasteiger partial charge in [0.05, 0.1) is 51.4 Å². The van der Waals surface area contributed by atoms with Crippen molar-refractivity contribution in [3.05, 3.63) is 211 Å². The first-order valence-electron chi connectivity index (χ1n) is 19.4. The Morgan fingerprint density at radius 3 is 1.34 bits per heavy atom. The third kappa shape index (κ3) is 6.50. The van der Waals surface area contributed by atoms with Crippen molar-refractivity contribution in [1.82, 2.24) is 14.5 Å². The molecule has 8 aromatic carbocycles. The summed E-state index contributed by atoms with van der Waals surface area (Å²) >= 11 is 0. The predicted octanol–water partition coefficient (Wildman–Crippen LogP) is 13.3. The van der Waals surface area contributed by atoms with Gasteiger partial charge in [-0.15, -0.1) is 0 Å². The highest BCUT2D eigenvalue weighted by atomic mass is 15.0. The molecular weight excluding hydrogens is 719 g/mol. The van der Waals surface area contributed by atoms with Gasteiger partial charge in [0.15, 0.2) is 5.82 Å². The number of para-hydroxylation sites is 1. The minimum absolute atomic E-state index is 0.579. The van der Waals surface area contributed by atoms with Crippen LogP contribution in [0.2, 0.25) is 0 Å². The zero-order valence-electron chi connectivity index (χ0n) is 31.8. The average Bonchev–Trinajstić information content (AvgIpc) is 3.65. The molecule has 10 aromatic rings. The van der Waals surface area contributed by atoms with Crippen molar-refractivity contribution in [2.45, 2.75) is 0 Å². The molecule has 0 spiro atoms. The Morgan fingerprint density at radius 2 is 0.814 bits per heavy atom. The van der Waals surface area contributed by atoms with Crippen LogP contribution >= 0.6 is 0 Å². The van der Waals surface area contributed by atoms with E-state index >= 15 is 0 Å². The number of rotatable bonds is 7. The third-order valence-electron chi connectivity index (χ3n) is 10.9. The molecule has 10 rings (SSSR count). The van der Waals surface area contributed by atoms with E-state index in [1.807, 2.05) is 97.1 Å². The summed E-state index contributed by atoms with van der Waals surface area (Å²) in [6.07, 6.45) is 0. The molecule has 0 fully saturated rings. The van der Waals surface area contributed by atoms with E-state index in [1.165, 1.54) is 0 Å². The highest BCUT2D eigenvalue weighted by Gasteiger charge is 2.23. The molecule has 0 aliphatic carbocycles. The van der Waals surface area contributed by atoms with E-state index in [-0.39, 0.29) is 0 Å². The Bertz CT molecular complexity index is 3110. The Morgan fingerprint density at radius 1 is 0.356 bits per heavy atom. The normalized spacial score (nSPS) is 11.0. The first-order valence-corrected chi connectivity index (χ1v) is 19.4. The zero-order chi connectivity index (χ0) is 39.7. The van der Waals surface area contributed by atoms with Gasteiger partial charge in [0.2, 0.25) is 0 Å². The van der Waals surface area contributed by atoms with E-state index in [4.69, 9.17) is 9.97 Å². The molecule has 5 heteroatoms. The smallest absolute Gasteiger partial charge is 0.160 e. The van der Waals surface area contributed by atoms with Crippen LogP contribution in [0.5, 0.6) is 0 Å². The van der Waals surface area contributed by atoms with Crippen molar-refractivity contribution < 1.29 is 0 Å². The van der Waals surface area contributed by atoms with E-state index in [0.717, 1.165) is 89.0 Å². The van der Waals surface area contributed by atoms with Crippen molar-refractivity contribution in [1.29, 1.82) is 10.5 Å². The molecule has 2 aromatic heterocycles. The summed E-state index contributed by atoms with van der Waals surface area (Å²) in [7, 11) is 0. The maximum absolute atomic E-state index is 9.82. The van der Waals surface area contributed by atoms with Gasteiger partial charge in [-0.3, -0.25) is 0 Å². The fourth-order valence-electron chi connectivity index (χ4n) is 8.01. The summed E-state index contributed by atoms with van der Waals surface area (Å²) < 4.78 is 2.36. The molecule has 59 heavy (non-hydrogen) atoms. The van der Waals surface area contributed by atoms with Crippen LogP contribution in [-0.2, 0) is 0 Å². The average molecular weight is 752 g/mol. The summed E-state index contributed by atoms with van der Waals surface area (Å²) in [5, 5.41) is 21.9. The van der Waals surface area contributed by atoms with Crippen LogP contribution in [0.25, 0.3) is 94.8 Å². The van der Waals surface area contributed by atoms with Crippen molar-refractivity contribution in [2.24, 2.45) is 0 Å². The zero-order valence-corrected chi connectivity index (χ0v) is 31.8. The van der Waals surface area contributed by atoms with Crippen LogP contribution in [0.3, 0.4) is 0 Å². The maximum atomic E-state index is 9.82. The van der Waals surface area contributed by atoms with Gasteiger partial charge in [-0.2, -0.15) is 10.5 Å². The molecule has 0 atom stereocenters. The van der Waals surface area contributed by atoms with Crippen molar-refractivity contribution in [2.75, 3.05) is 0 Å². The van der Waals surface area contributed by atoms with Crippen LogP contribution < -0.4 is 0 Å². The van der Waals surface area contributed by atoms with Gasteiger partial charge in [-0.1, -0.05) is 140 Å². The fraction of sp³-hybridized carbons (Fsp3) is 0. The van der Waals surface area contributed by atoms with E-state index in [9.17, 15) is 10.5 Å². The second-order valence-electron chi connectivity index (χ2n) is 14.4. The predicted molar refractivity (Wildman–Crippen MR) is 238 cm³/mol. The number of fused-ring (bicyclic) bond motifs is 3. The van der Waals surface area contributed by atoms with Gasteiger partial charge in [0, 0.05) is 38.6 Å². The first-order chi connectivity index (χ1) is 29.1. The number of benzene rings is 8. The van der Waals surface area contributed by atoms with Crippen LogP contribution in [0.15, 0.2) is 200 Å². The monoisotopic (exact) mass is 751 g/mol. The molecule has 0 radical (unpaired) electrons. The molecule has 0 saturated heterocycles. The summed E-state index contributed by atoms with van der Waals surface area (Å²) in [6, 6.07) is 72.6. The van der Waals surface area contributed by atoms with Crippen molar-refractivity contribution in [3.63, 3.8) is 0 Å². The second-order valence-corrected chi connectivity index (χ2v) is 14.4. The SMILES string of the molecule is N#Cc1ccc(-c2cc(-c3nc(-c4ccccc4)cc(-c4ccccc4)n3)cc(-c3ccc(C#N)cc3)c2-n2c3ccccc3c3cc(-c4ccccc4)ccc32)cc1. The molecule has 274 valence electrons.